The summed E-state index contributed by atoms with van der Waals surface area (Å²) in [5.41, 5.74) is 1.00. The molecule has 19 heavy (non-hydrogen) atoms. The molecule has 0 saturated carbocycles. The van der Waals surface area contributed by atoms with E-state index in [1.165, 1.54) is 11.3 Å². The molecule has 0 aliphatic heterocycles. The lowest BCUT2D eigenvalue weighted by Gasteiger charge is -2.05. The molecule has 0 spiro atoms. The molecular formula is C14H20N2O2S. The van der Waals surface area contributed by atoms with Gasteiger partial charge in [-0.25, -0.2) is 4.79 Å². The number of carboxylic acid groups (broad SMARTS) is 1. The summed E-state index contributed by atoms with van der Waals surface area (Å²) < 4.78 is 1.97. The number of aromatic nitrogens is 2. The zero-order valence-electron chi connectivity index (χ0n) is 11.8. The molecule has 2 aromatic heterocycles. The summed E-state index contributed by atoms with van der Waals surface area (Å²) in [7, 11) is 0. The molecule has 0 aromatic carbocycles. The summed E-state index contributed by atoms with van der Waals surface area (Å²) >= 11 is 1.32. The molecule has 2 rings (SSSR count). The number of rotatable bonds is 5. The van der Waals surface area contributed by atoms with Crippen LogP contribution in [0.3, 0.4) is 0 Å². The van der Waals surface area contributed by atoms with E-state index in [1.54, 1.807) is 6.07 Å². The number of carbonyl (C=O) groups is 1. The van der Waals surface area contributed by atoms with E-state index in [9.17, 15) is 4.79 Å². The van der Waals surface area contributed by atoms with E-state index in [4.69, 9.17) is 5.11 Å². The highest BCUT2D eigenvalue weighted by Gasteiger charge is 2.19. The Bertz CT molecular complexity index is 596. The topological polar surface area (TPSA) is 55.1 Å². The van der Waals surface area contributed by atoms with Crippen LogP contribution in [0, 0.1) is 5.92 Å². The quantitative estimate of drug-likeness (QED) is 0.901. The van der Waals surface area contributed by atoms with Crippen LogP contribution in [-0.4, -0.2) is 20.9 Å². The Balaban J connectivity index is 2.47. The Morgan fingerprint density at radius 2 is 2.11 bits per heavy atom. The van der Waals surface area contributed by atoms with E-state index in [2.05, 4.69) is 32.8 Å². The SMILES string of the molecule is CC(C)CCn1nc(C(C)C)c2cc(C(=O)O)sc21. The molecule has 5 heteroatoms. The van der Waals surface area contributed by atoms with Crippen molar-refractivity contribution in [1.82, 2.24) is 9.78 Å². The first-order valence-electron chi connectivity index (χ1n) is 6.63. The second kappa shape index (κ2) is 5.33. The van der Waals surface area contributed by atoms with Gasteiger partial charge in [0.15, 0.2) is 0 Å². The molecule has 0 aliphatic carbocycles. The van der Waals surface area contributed by atoms with Crippen molar-refractivity contribution in [2.24, 2.45) is 5.92 Å². The molecule has 0 aliphatic rings. The fourth-order valence-corrected chi connectivity index (χ4v) is 3.03. The largest absolute Gasteiger partial charge is 0.477 e. The molecule has 104 valence electrons. The number of aryl methyl sites for hydroxylation is 1. The molecule has 0 saturated heterocycles. The van der Waals surface area contributed by atoms with Crippen molar-refractivity contribution in [3.05, 3.63) is 16.6 Å². The average Bonchev–Trinajstić information content (AvgIpc) is 2.84. The smallest absolute Gasteiger partial charge is 0.345 e. The molecule has 2 heterocycles. The number of carboxylic acids is 1. The molecule has 0 fully saturated rings. The third-order valence-corrected chi connectivity index (χ3v) is 4.26. The van der Waals surface area contributed by atoms with Crippen molar-refractivity contribution in [2.45, 2.75) is 46.6 Å². The molecule has 0 bridgehead atoms. The Hall–Kier alpha value is -1.36. The summed E-state index contributed by atoms with van der Waals surface area (Å²) in [5, 5.41) is 14.8. The number of nitrogens with zero attached hydrogens (tertiary/aromatic N) is 2. The van der Waals surface area contributed by atoms with Gasteiger partial charge in [0.1, 0.15) is 9.71 Å². The number of hydrogen-bond acceptors (Lipinski definition) is 3. The van der Waals surface area contributed by atoms with Gasteiger partial charge in [-0.05, 0) is 24.3 Å². The van der Waals surface area contributed by atoms with Crippen LogP contribution in [0.4, 0.5) is 0 Å². The minimum absolute atomic E-state index is 0.305. The van der Waals surface area contributed by atoms with Crippen LogP contribution < -0.4 is 0 Å². The van der Waals surface area contributed by atoms with Crippen LogP contribution in [-0.2, 0) is 6.54 Å². The van der Waals surface area contributed by atoms with Gasteiger partial charge in [-0.2, -0.15) is 5.10 Å². The van der Waals surface area contributed by atoms with E-state index in [0.717, 1.165) is 28.9 Å². The molecule has 4 nitrogen and oxygen atoms in total. The Kier molecular flexibility index (Phi) is 3.94. The van der Waals surface area contributed by atoms with E-state index in [-0.39, 0.29) is 0 Å². The zero-order chi connectivity index (χ0) is 14.2. The van der Waals surface area contributed by atoms with Crippen LogP contribution >= 0.6 is 11.3 Å². The maximum absolute atomic E-state index is 11.1. The third-order valence-electron chi connectivity index (χ3n) is 3.13. The number of aromatic carboxylic acids is 1. The molecule has 1 N–H and O–H groups in total. The zero-order valence-corrected chi connectivity index (χ0v) is 12.6. The van der Waals surface area contributed by atoms with Gasteiger partial charge in [0, 0.05) is 11.9 Å². The summed E-state index contributed by atoms with van der Waals surface area (Å²) in [4.78, 5) is 12.5. The van der Waals surface area contributed by atoms with Gasteiger partial charge >= 0.3 is 5.97 Å². The molecule has 0 atom stereocenters. The lowest BCUT2D eigenvalue weighted by Crippen LogP contribution is -2.04. The van der Waals surface area contributed by atoms with Crippen molar-refractivity contribution in [3.63, 3.8) is 0 Å². The standard InChI is InChI=1S/C14H20N2O2S/c1-8(2)5-6-16-13-10(12(15-16)9(3)4)7-11(19-13)14(17)18/h7-9H,5-6H2,1-4H3,(H,17,18). The van der Waals surface area contributed by atoms with Crippen molar-refractivity contribution < 1.29 is 9.90 Å². The lowest BCUT2D eigenvalue weighted by atomic mass is 10.1. The molecule has 0 unspecified atom stereocenters. The Morgan fingerprint density at radius 1 is 1.42 bits per heavy atom. The van der Waals surface area contributed by atoms with Crippen LogP contribution in [0.15, 0.2) is 6.07 Å². The van der Waals surface area contributed by atoms with Crippen molar-refractivity contribution in [3.8, 4) is 0 Å². The Morgan fingerprint density at radius 3 is 2.63 bits per heavy atom. The van der Waals surface area contributed by atoms with Gasteiger partial charge < -0.3 is 5.11 Å². The monoisotopic (exact) mass is 280 g/mol. The normalized spacial score (nSPS) is 11.9. The van der Waals surface area contributed by atoms with Gasteiger partial charge in [-0.15, -0.1) is 11.3 Å². The van der Waals surface area contributed by atoms with E-state index >= 15 is 0 Å². The molecule has 2 aromatic rings. The second-order valence-corrected chi connectivity index (χ2v) is 6.61. The third kappa shape index (κ3) is 2.81. The van der Waals surface area contributed by atoms with Gasteiger partial charge in [0.25, 0.3) is 0 Å². The highest BCUT2D eigenvalue weighted by Crippen LogP contribution is 2.32. The molecule has 0 radical (unpaired) electrons. The maximum Gasteiger partial charge on any atom is 0.345 e. The molecular weight excluding hydrogens is 260 g/mol. The number of fused-ring (bicyclic) bond motifs is 1. The highest BCUT2D eigenvalue weighted by molar-refractivity contribution is 7.20. The summed E-state index contributed by atoms with van der Waals surface area (Å²) in [6.07, 6.45) is 1.05. The van der Waals surface area contributed by atoms with Crippen molar-refractivity contribution in [2.75, 3.05) is 0 Å². The summed E-state index contributed by atoms with van der Waals surface area (Å²) in [5.74, 6) is 0.0611. The van der Waals surface area contributed by atoms with Gasteiger partial charge in [-0.3, -0.25) is 4.68 Å². The number of hydrogen-bond donors (Lipinski definition) is 1. The fourth-order valence-electron chi connectivity index (χ4n) is 2.05. The number of thiophene rings is 1. The first-order chi connectivity index (χ1) is 8.90. The van der Waals surface area contributed by atoms with Gasteiger partial charge in [-0.1, -0.05) is 27.7 Å². The Labute approximate surface area is 117 Å². The van der Waals surface area contributed by atoms with Crippen molar-refractivity contribution >= 4 is 27.5 Å². The summed E-state index contributed by atoms with van der Waals surface area (Å²) in [6, 6.07) is 1.76. The molecule has 0 amide bonds. The van der Waals surface area contributed by atoms with E-state index < -0.39 is 5.97 Å². The fraction of sp³-hybridized carbons (Fsp3) is 0.571. The van der Waals surface area contributed by atoms with Crippen molar-refractivity contribution in [1.29, 1.82) is 0 Å². The lowest BCUT2D eigenvalue weighted by molar-refractivity contribution is 0.0702. The minimum Gasteiger partial charge on any atom is -0.477 e. The van der Waals surface area contributed by atoms with Gasteiger partial charge in [0.2, 0.25) is 0 Å². The van der Waals surface area contributed by atoms with Crippen LogP contribution in [0.25, 0.3) is 10.2 Å². The predicted molar refractivity (Wildman–Crippen MR) is 78.1 cm³/mol. The van der Waals surface area contributed by atoms with Crippen LogP contribution in [0.1, 0.15) is 55.4 Å². The highest BCUT2D eigenvalue weighted by atomic mass is 32.1. The van der Waals surface area contributed by atoms with E-state index in [1.807, 2.05) is 4.68 Å². The maximum atomic E-state index is 11.1. The average molecular weight is 280 g/mol. The summed E-state index contributed by atoms with van der Waals surface area (Å²) in [6.45, 7) is 9.39. The first kappa shape index (κ1) is 14.1. The van der Waals surface area contributed by atoms with E-state index in [0.29, 0.717) is 16.7 Å². The minimum atomic E-state index is -0.855. The first-order valence-corrected chi connectivity index (χ1v) is 7.45. The van der Waals surface area contributed by atoms with Gasteiger partial charge in [0.05, 0.1) is 5.69 Å². The second-order valence-electron chi connectivity index (χ2n) is 5.58. The van der Waals surface area contributed by atoms with Crippen LogP contribution in [0.2, 0.25) is 0 Å². The van der Waals surface area contributed by atoms with Crippen LogP contribution in [0.5, 0.6) is 0 Å². The predicted octanol–water partition coefficient (Wildman–Crippen LogP) is 3.97.